The zero-order valence-corrected chi connectivity index (χ0v) is 14.3. The molecule has 0 saturated heterocycles. The largest absolute Gasteiger partial charge is 0.383 e. The number of rotatable bonds is 4. The molecule has 0 aliphatic rings. The molecule has 0 unspecified atom stereocenters. The van der Waals surface area contributed by atoms with Gasteiger partial charge in [0.1, 0.15) is 5.82 Å². The Morgan fingerprint density at radius 3 is 2.39 bits per heavy atom. The Labute approximate surface area is 146 Å². The average Bonchev–Trinajstić information content (AvgIpc) is 2.92. The van der Waals surface area contributed by atoms with Crippen molar-refractivity contribution in [1.82, 2.24) is 25.1 Å². The number of Topliss-reactive ketones (excluding diaryl/α,β-unsaturated/α-hetero) is 1. The molecule has 1 aromatic carbocycles. The van der Waals surface area contributed by atoms with E-state index < -0.39 is 15.4 Å². The average molecular weight is 379 g/mol. The summed E-state index contributed by atoms with van der Waals surface area (Å²) in [6, 6.07) is 5.41. The number of allylic oxidation sites excluding steroid dienone is 1. The number of hydrogen-bond donors (Lipinski definition) is 0. The summed E-state index contributed by atoms with van der Waals surface area (Å²) in [5, 5.41) is 11.2. The van der Waals surface area contributed by atoms with Gasteiger partial charge in [-0.25, -0.2) is 4.39 Å². The van der Waals surface area contributed by atoms with Gasteiger partial charge in [-0.2, -0.15) is 4.68 Å². The van der Waals surface area contributed by atoms with Crippen LogP contribution in [0.1, 0.15) is 5.82 Å². The third-order valence-electron chi connectivity index (χ3n) is 2.67. The topological polar surface area (TPSA) is 63.9 Å². The second-order valence-electron chi connectivity index (χ2n) is 4.72. The number of carbonyl (C=O) groups excluding carboxylic acids is 1. The summed E-state index contributed by atoms with van der Waals surface area (Å²) in [4.78, 5) is 14.0. The zero-order valence-electron chi connectivity index (χ0n) is 12.0. The Bertz CT molecular complexity index is 737. The van der Waals surface area contributed by atoms with E-state index in [9.17, 15) is 9.18 Å². The lowest BCUT2D eigenvalue weighted by molar-refractivity contribution is -0.113. The first-order chi connectivity index (χ1) is 10.7. The molecule has 23 heavy (non-hydrogen) atoms. The van der Waals surface area contributed by atoms with E-state index in [1.165, 1.54) is 35.1 Å². The molecule has 6 nitrogen and oxygen atoms in total. The number of tetrazole rings is 1. The molecule has 0 amide bonds. The summed E-state index contributed by atoms with van der Waals surface area (Å²) in [7, 11) is 3.38. The molecule has 0 radical (unpaired) electrons. The minimum absolute atomic E-state index is 0.00400. The molecule has 2 aromatic rings. The molecular weight excluding hydrogens is 368 g/mol. The number of halogens is 4. The molecule has 0 saturated carbocycles. The standard InChI is InChI=1S/C13H11Cl3FN5O/c1-21(2)7-10(11(23)13(14,15)16)12-18-19-20-22(12)9-5-3-8(17)4-6-9/h3-7H,1-2H3. The van der Waals surface area contributed by atoms with Crippen LogP contribution in [0.5, 0.6) is 0 Å². The SMILES string of the molecule is CN(C)C=C(C(=O)C(Cl)(Cl)Cl)c1nnnn1-c1ccc(F)cc1. The number of alkyl halides is 3. The van der Waals surface area contributed by atoms with Crippen molar-refractivity contribution in [2.75, 3.05) is 14.1 Å². The Morgan fingerprint density at radius 1 is 1.26 bits per heavy atom. The maximum atomic E-state index is 13.1. The van der Waals surface area contributed by atoms with Gasteiger partial charge in [-0.05, 0) is 34.7 Å². The molecule has 0 aliphatic heterocycles. The van der Waals surface area contributed by atoms with E-state index in [0.29, 0.717) is 5.69 Å². The highest BCUT2D eigenvalue weighted by Crippen LogP contribution is 2.33. The van der Waals surface area contributed by atoms with Gasteiger partial charge in [-0.3, -0.25) is 4.79 Å². The van der Waals surface area contributed by atoms with Gasteiger partial charge in [0.25, 0.3) is 3.79 Å². The Hall–Kier alpha value is -1.70. The predicted octanol–water partition coefficient (Wildman–Crippen LogP) is 2.64. The fraction of sp³-hybridized carbons (Fsp3) is 0.231. The minimum atomic E-state index is -2.17. The van der Waals surface area contributed by atoms with Gasteiger partial charge < -0.3 is 4.90 Å². The molecule has 0 spiro atoms. The van der Waals surface area contributed by atoms with Crippen LogP contribution < -0.4 is 0 Å². The van der Waals surface area contributed by atoms with Crippen molar-refractivity contribution < 1.29 is 9.18 Å². The van der Waals surface area contributed by atoms with Crippen LogP contribution in [-0.4, -0.2) is 48.8 Å². The second-order valence-corrected chi connectivity index (χ2v) is 7.01. The van der Waals surface area contributed by atoms with Gasteiger partial charge in [-0.15, -0.1) is 5.10 Å². The van der Waals surface area contributed by atoms with E-state index in [4.69, 9.17) is 34.8 Å². The van der Waals surface area contributed by atoms with E-state index in [0.717, 1.165) is 0 Å². The summed E-state index contributed by atoms with van der Waals surface area (Å²) >= 11 is 17.1. The lowest BCUT2D eigenvalue weighted by Crippen LogP contribution is -2.23. The smallest absolute Gasteiger partial charge is 0.253 e. The van der Waals surface area contributed by atoms with E-state index in [2.05, 4.69) is 15.5 Å². The highest BCUT2D eigenvalue weighted by Gasteiger charge is 2.36. The Kier molecular flexibility index (Phi) is 5.23. The molecule has 2 rings (SSSR count). The summed E-state index contributed by atoms with van der Waals surface area (Å²) < 4.78 is 12.1. The summed E-state index contributed by atoms with van der Waals surface area (Å²) in [5.41, 5.74) is 0.456. The van der Waals surface area contributed by atoms with Crippen LogP contribution in [0.4, 0.5) is 4.39 Å². The third kappa shape index (κ3) is 4.19. The predicted molar refractivity (Wildman–Crippen MR) is 86.1 cm³/mol. The first-order valence-corrected chi connectivity index (χ1v) is 7.38. The quantitative estimate of drug-likeness (QED) is 0.604. The lowest BCUT2D eigenvalue weighted by Gasteiger charge is -2.15. The lowest BCUT2D eigenvalue weighted by atomic mass is 10.1. The molecular formula is C13H11Cl3FN5O. The Balaban J connectivity index is 2.56. The van der Waals surface area contributed by atoms with Gasteiger partial charge in [-0.1, -0.05) is 34.8 Å². The number of benzene rings is 1. The van der Waals surface area contributed by atoms with Gasteiger partial charge in [0.2, 0.25) is 5.78 Å². The fourth-order valence-electron chi connectivity index (χ4n) is 1.74. The maximum Gasteiger partial charge on any atom is 0.253 e. The molecule has 1 heterocycles. The minimum Gasteiger partial charge on any atom is -0.383 e. The van der Waals surface area contributed by atoms with Gasteiger partial charge in [0.15, 0.2) is 5.82 Å². The molecule has 0 fully saturated rings. The van der Waals surface area contributed by atoms with Crippen LogP contribution >= 0.6 is 34.8 Å². The van der Waals surface area contributed by atoms with Crippen molar-refractivity contribution in [3.63, 3.8) is 0 Å². The molecule has 0 bridgehead atoms. The molecule has 122 valence electrons. The number of carbonyl (C=O) groups is 1. The van der Waals surface area contributed by atoms with Crippen LogP contribution in [0.15, 0.2) is 30.5 Å². The third-order valence-corrected chi connectivity index (χ3v) is 3.19. The first-order valence-electron chi connectivity index (χ1n) is 6.24. The summed E-state index contributed by atoms with van der Waals surface area (Å²) in [6.45, 7) is 0. The Morgan fingerprint density at radius 2 is 1.87 bits per heavy atom. The number of aromatic nitrogens is 4. The molecule has 10 heteroatoms. The summed E-state index contributed by atoms with van der Waals surface area (Å²) in [5.74, 6) is -1.12. The van der Waals surface area contributed by atoms with Gasteiger partial charge in [0, 0.05) is 20.3 Å². The van der Waals surface area contributed by atoms with Crippen molar-refractivity contribution in [3.8, 4) is 5.69 Å². The van der Waals surface area contributed by atoms with Crippen molar-refractivity contribution in [1.29, 1.82) is 0 Å². The van der Waals surface area contributed by atoms with Crippen molar-refractivity contribution >= 4 is 46.2 Å². The van der Waals surface area contributed by atoms with Gasteiger partial charge >= 0.3 is 0 Å². The monoisotopic (exact) mass is 377 g/mol. The highest BCUT2D eigenvalue weighted by molar-refractivity contribution is 6.79. The van der Waals surface area contributed by atoms with E-state index in [-0.39, 0.29) is 11.4 Å². The van der Waals surface area contributed by atoms with E-state index in [1.807, 2.05) is 0 Å². The van der Waals surface area contributed by atoms with E-state index in [1.54, 1.807) is 19.0 Å². The first kappa shape index (κ1) is 17.7. The van der Waals surface area contributed by atoms with Gasteiger partial charge in [0.05, 0.1) is 11.3 Å². The number of ketones is 1. The summed E-state index contributed by atoms with van der Waals surface area (Å²) in [6.07, 6.45) is 1.44. The number of hydrogen-bond acceptors (Lipinski definition) is 5. The van der Waals surface area contributed by atoms with Crippen molar-refractivity contribution in [2.24, 2.45) is 0 Å². The van der Waals surface area contributed by atoms with Crippen molar-refractivity contribution in [2.45, 2.75) is 3.79 Å². The van der Waals surface area contributed by atoms with Crippen LogP contribution in [-0.2, 0) is 4.79 Å². The highest BCUT2D eigenvalue weighted by atomic mass is 35.6. The van der Waals surface area contributed by atoms with E-state index >= 15 is 0 Å². The van der Waals surface area contributed by atoms with Crippen LogP contribution in [0, 0.1) is 5.82 Å². The van der Waals surface area contributed by atoms with Crippen LogP contribution in [0.25, 0.3) is 11.3 Å². The molecule has 1 aromatic heterocycles. The van der Waals surface area contributed by atoms with Crippen LogP contribution in [0.2, 0.25) is 0 Å². The molecule has 0 atom stereocenters. The van der Waals surface area contributed by atoms with Crippen LogP contribution in [0.3, 0.4) is 0 Å². The second kappa shape index (κ2) is 6.82. The normalized spacial score (nSPS) is 12.3. The zero-order chi connectivity index (χ0) is 17.2. The molecule has 0 aliphatic carbocycles. The number of nitrogens with zero attached hydrogens (tertiary/aromatic N) is 5. The van der Waals surface area contributed by atoms with Crippen molar-refractivity contribution in [3.05, 3.63) is 42.1 Å². The molecule has 0 N–H and O–H groups in total. The maximum absolute atomic E-state index is 13.1. The fourth-order valence-corrected chi connectivity index (χ4v) is 2.05.